The van der Waals surface area contributed by atoms with Gasteiger partial charge >= 0.3 is 0 Å². The first-order chi connectivity index (χ1) is 4.83. The third kappa shape index (κ3) is 2.12. The highest BCUT2D eigenvalue weighted by molar-refractivity contribution is 4.82. The van der Waals surface area contributed by atoms with Crippen LogP contribution in [-0.2, 0) is 9.47 Å². The van der Waals surface area contributed by atoms with Gasteiger partial charge in [0, 0.05) is 5.92 Å². The molecule has 1 heterocycles. The normalized spacial score (nSPS) is 35.0. The standard InChI is InChI=1S/C8H14O2/c1-3-4-8-9-5-7(2)6-10-8/h3-4,7-8H,5-6H2,1-2H3. The molecule has 2 nitrogen and oxygen atoms in total. The zero-order valence-corrected chi connectivity index (χ0v) is 6.54. The lowest BCUT2D eigenvalue weighted by Gasteiger charge is -2.24. The van der Waals surface area contributed by atoms with Gasteiger partial charge in [-0.05, 0) is 13.0 Å². The molecule has 0 amide bonds. The lowest BCUT2D eigenvalue weighted by molar-refractivity contribution is -0.171. The summed E-state index contributed by atoms with van der Waals surface area (Å²) in [5.74, 6) is 0.543. The fourth-order valence-electron chi connectivity index (χ4n) is 0.883. The fourth-order valence-corrected chi connectivity index (χ4v) is 0.883. The summed E-state index contributed by atoms with van der Waals surface area (Å²) in [6.45, 7) is 5.71. The molecule has 10 heavy (non-hydrogen) atoms. The Kier molecular flexibility index (Phi) is 2.90. The van der Waals surface area contributed by atoms with Crippen LogP contribution in [0.5, 0.6) is 0 Å². The van der Waals surface area contributed by atoms with E-state index in [0.29, 0.717) is 5.92 Å². The molecule has 1 saturated heterocycles. The highest BCUT2D eigenvalue weighted by atomic mass is 16.7. The van der Waals surface area contributed by atoms with Gasteiger partial charge in [-0.25, -0.2) is 0 Å². The van der Waals surface area contributed by atoms with Gasteiger partial charge < -0.3 is 9.47 Å². The summed E-state index contributed by atoms with van der Waals surface area (Å²) in [6.07, 6.45) is 3.77. The first-order valence-corrected chi connectivity index (χ1v) is 3.69. The zero-order chi connectivity index (χ0) is 7.40. The minimum Gasteiger partial charge on any atom is -0.349 e. The molecule has 1 rings (SSSR count). The molecule has 0 aromatic rings. The topological polar surface area (TPSA) is 18.5 Å². The van der Waals surface area contributed by atoms with Crippen LogP contribution >= 0.6 is 0 Å². The van der Waals surface area contributed by atoms with E-state index in [0.717, 1.165) is 13.2 Å². The molecular formula is C8H14O2. The van der Waals surface area contributed by atoms with E-state index in [1.54, 1.807) is 0 Å². The van der Waals surface area contributed by atoms with E-state index in [1.165, 1.54) is 0 Å². The van der Waals surface area contributed by atoms with Gasteiger partial charge in [-0.15, -0.1) is 0 Å². The SMILES string of the molecule is CC=CC1OCC(C)CO1. The monoisotopic (exact) mass is 142 g/mol. The average Bonchev–Trinajstić information content (AvgIpc) is 1.95. The summed E-state index contributed by atoms with van der Waals surface area (Å²) in [6, 6.07) is 0. The van der Waals surface area contributed by atoms with E-state index >= 15 is 0 Å². The second kappa shape index (κ2) is 3.74. The summed E-state index contributed by atoms with van der Waals surface area (Å²) < 4.78 is 10.6. The van der Waals surface area contributed by atoms with Crippen LogP contribution in [-0.4, -0.2) is 19.5 Å². The van der Waals surface area contributed by atoms with Crippen molar-refractivity contribution < 1.29 is 9.47 Å². The van der Waals surface area contributed by atoms with E-state index < -0.39 is 0 Å². The van der Waals surface area contributed by atoms with Crippen molar-refractivity contribution >= 4 is 0 Å². The molecule has 0 aliphatic carbocycles. The van der Waals surface area contributed by atoms with Crippen molar-refractivity contribution in [2.24, 2.45) is 5.92 Å². The molecular weight excluding hydrogens is 128 g/mol. The molecule has 2 heteroatoms. The Morgan fingerprint density at radius 2 is 1.90 bits per heavy atom. The van der Waals surface area contributed by atoms with Crippen molar-refractivity contribution in [1.29, 1.82) is 0 Å². The van der Waals surface area contributed by atoms with Gasteiger partial charge in [0.15, 0.2) is 6.29 Å². The molecule has 1 aliphatic heterocycles. The van der Waals surface area contributed by atoms with Crippen LogP contribution in [0.15, 0.2) is 12.2 Å². The smallest absolute Gasteiger partial charge is 0.176 e. The predicted molar refractivity (Wildman–Crippen MR) is 39.7 cm³/mol. The minimum absolute atomic E-state index is 0.0961. The number of hydrogen-bond acceptors (Lipinski definition) is 2. The van der Waals surface area contributed by atoms with Crippen molar-refractivity contribution in [2.75, 3.05) is 13.2 Å². The van der Waals surface area contributed by atoms with E-state index in [9.17, 15) is 0 Å². The molecule has 0 aromatic carbocycles. The summed E-state index contributed by atoms with van der Waals surface area (Å²) in [5, 5.41) is 0. The van der Waals surface area contributed by atoms with Crippen molar-refractivity contribution in [1.82, 2.24) is 0 Å². The molecule has 1 aliphatic rings. The summed E-state index contributed by atoms with van der Waals surface area (Å²) >= 11 is 0. The third-order valence-corrected chi connectivity index (χ3v) is 1.44. The van der Waals surface area contributed by atoms with Crippen molar-refractivity contribution in [3.05, 3.63) is 12.2 Å². The first-order valence-electron chi connectivity index (χ1n) is 3.69. The maximum absolute atomic E-state index is 5.32. The van der Waals surface area contributed by atoms with Crippen LogP contribution < -0.4 is 0 Å². The fraction of sp³-hybridized carbons (Fsp3) is 0.750. The van der Waals surface area contributed by atoms with E-state index in [2.05, 4.69) is 6.92 Å². The molecule has 0 atom stereocenters. The average molecular weight is 142 g/mol. The molecule has 0 radical (unpaired) electrons. The molecule has 0 bridgehead atoms. The predicted octanol–water partition coefficient (Wildman–Crippen LogP) is 1.57. The lowest BCUT2D eigenvalue weighted by atomic mass is 10.2. The van der Waals surface area contributed by atoms with Crippen LogP contribution in [0, 0.1) is 5.92 Å². The molecule has 1 fully saturated rings. The highest BCUT2D eigenvalue weighted by Gasteiger charge is 2.15. The van der Waals surface area contributed by atoms with Crippen LogP contribution in [0.2, 0.25) is 0 Å². The summed E-state index contributed by atoms with van der Waals surface area (Å²) in [5.41, 5.74) is 0. The molecule has 0 aromatic heterocycles. The van der Waals surface area contributed by atoms with Gasteiger partial charge in [0.2, 0.25) is 0 Å². The van der Waals surface area contributed by atoms with E-state index in [1.807, 2.05) is 19.1 Å². The van der Waals surface area contributed by atoms with Crippen LogP contribution in [0.1, 0.15) is 13.8 Å². The maximum atomic E-state index is 5.32. The zero-order valence-electron chi connectivity index (χ0n) is 6.54. The van der Waals surface area contributed by atoms with Gasteiger partial charge in [0.1, 0.15) is 0 Å². The highest BCUT2D eigenvalue weighted by Crippen LogP contribution is 2.10. The number of rotatable bonds is 1. The number of hydrogen-bond donors (Lipinski definition) is 0. The lowest BCUT2D eigenvalue weighted by Crippen LogP contribution is -2.28. The maximum Gasteiger partial charge on any atom is 0.176 e. The van der Waals surface area contributed by atoms with Gasteiger partial charge in [-0.2, -0.15) is 0 Å². The molecule has 0 saturated carbocycles. The second-order valence-electron chi connectivity index (χ2n) is 2.67. The Morgan fingerprint density at radius 1 is 1.30 bits per heavy atom. The van der Waals surface area contributed by atoms with Crippen molar-refractivity contribution in [3.8, 4) is 0 Å². The third-order valence-electron chi connectivity index (χ3n) is 1.44. The van der Waals surface area contributed by atoms with Gasteiger partial charge in [-0.1, -0.05) is 13.0 Å². The van der Waals surface area contributed by atoms with Gasteiger partial charge in [-0.3, -0.25) is 0 Å². The molecule has 58 valence electrons. The first kappa shape index (κ1) is 7.76. The Labute approximate surface area is 61.8 Å². The minimum atomic E-state index is -0.0961. The van der Waals surface area contributed by atoms with Gasteiger partial charge in [0.25, 0.3) is 0 Å². The molecule has 0 spiro atoms. The van der Waals surface area contributed by atoms with Gasteiger partial charge in [0.05, 0.1) is 13.2 Å². The van der Waals surface area contributed by atoms with Crippen LogP contribution in [0.3, 0.4) is 0 Å². The van der Waals surface area contributed by atoms with E-state index in [-0.39, 0.29) is 6.29 Å². The van der Waals surface area contributed by atoms with Crippen molar-refractivity contribution in [3.63, 3.8) is 0 Å². The van der Waals surface area contributed by atoms with Crippen molar-refractivity contribution in [2.45, 2.75) is 20.1 Å². The Balaban J connectivity index is 2.26. The molecule has 0 N–H and O–H groups in total. The molecule has 0 unspecified atom stereocenters. The second-order valence-corrected chi connectivity index (χ2v) is 2.67. The van der Waals surface area contributed by atoms with E-state index in [4.69, 9.17) is 9.47 Å². The number of allylic oxidation sites excluding steroid dienone is 1. The number of ether oxygens (including phenoxy) is 2. The summed E-state index contributed by atoms with van der Waals surface area (Å²) in [7, 11) is 0. The Bertz CT molecular complexity index is 112. The van der Waals surface area contributed by atoms with Crippen LogP contribution in [0.4, 0.5) is 0 Å². The van der Waals surface area contributed by atoms with Crippen LogP contribution in [0.25, 0.3) is 0 Å². The quantitative estimate of drug-likeness (QED) is 0.517. The Morgan fingerprint density at radius 3 is 2.40 bits per heavy atom. The summed E-state index contributed by atoms with van der Waals surface area (Å²) in [4.78, 5) is 0. The largest absolute Gasteiger partial charge is 0.349 e. The Hall–Kier alpha value is -0.340.